The average molecular weight is 209 g/mol. The van der Waals surface area contributed by atoms with Crippen LogP contribution in [0, 0.1) is 16.6 Å². The van der Waals surface area contributed by atoms with Crippen LogP contribution >= 0.6 is 12.2 Å². The van der Waals surface area contributed by atoms with E-state index < -0.39 is 0 Å². The van der Waals surface area contributed by atoms with Gasteiger partial charge in [-0.05, 0) is 36.9 Å². The van der Waals surface area contributed by atoms with E-state index in [4.69, 9.17) is 12.2 Å². The molecule has 2 aliphatic carbocycles. The van der Waals surface area contributed by atoms with Crippen molar-refractivity contribution in [3.8, 4) is 0 Å². The Morgan fingerprint density at radius 1 is 1.36 bits per heavy atom. The lowest BCUT2D eigenvalue weighted by Gasteiger charge is -2.04. The molecule has 3 rings (SSSR count). The normalized spacial score (nSPS) is 35.4. The minimum atomic E-state index is 0.684. The molecular formula is C10H15N3S. The van der Waals surface area contributed by atoms with Crippen LogP contribution in [0.4, 0.5) is 0 Å². The van der Waals surface area contributed by atoms with Crippen molar-refractivity contribution >= 4 is 12.2 Å². The van der Waals surface area contributed by atoms with Crippen LogP contribution in [-0.2, 0) is 7.05 Å². The zero-order chi connectivity index (χ0) is 9.71. The first kappa shape index (κ1) is 8.65. The predicted molar refractivity (Wildman–Crippen MR) is 56.6 cm³/mol. The fourth-order valence-electron chi connectivity index (χ4n) is 2.97. The first-order valence-corrected chi connectivity index (χ1v) is 5.81. The third-order valence-corrected chi connectivity index (χ3v) is 4.12. The van der Waals surface area contributed by atoms with E-state index in [1.807, 2.05) is 11.7 Å². The lowest BCUT2D eigenvalue weighted by Crippen LogP contribution is -1.91. The van der Waals surface area contributed by atoms with E-state index >= 15 is 0 Å². The van der Waals surface area contributed by atoms with Crippen molar-refractivity contribution in [2.75, 3.05) is 0 Å². The molecule has 2 unspecified atom stereocenters. The van der Waals surface area contributed by atoms with Gasteiger partial charge >= 0.3 is 0 Å². The minimum absolute atomic E-state index is 0.684. The van der Waals surface area contributed by atoms with Gasteiger partial charge in [-0.2, -0.15) is 0 Å². The maximum Gasteiger partial charge on any atom is 0.215 e. The van der Waals surface area contributed by atoms with Crippen molar-refractivity contribution in [3.05, 3.63) is 10.6 Å². The van der Waals surface area contributed by atoms with E-state index in [9.17, 15) is 0 Å². The van der Waals surface area contributed by atoms with Crippen LogP contribution in [0.25, 0.3) is 0 Å². The maximum atomic E-state index is 5.11. The molecule has 1 aromatic rings. The molecule has 0 spiro atoms. The molecule has 1 aromatic heterocycles. The molecule has 0 aliphatic heterocycles. The van der Waals surface area contributed by atoms with Crippen molar-refractivity contribution in [1.82, 2.24) is 14.8 Å². The second-order valence-electron chi connectivity index (χ2n) is 4.59. The van der Waals surface area contributed by atoms with Gasteiger partial charge in [0.25, 0.3) is 0 Å². The monoisotopic (exact) mass is 209 g/mol. The van der Waals surface area contributed by atoms with Gasteiger partial charge in [-0.15, -0.1) is 0 Å². The van der Waals surface area contributed by atoms with Gasteiger partial charge in [0.15, 0.2) is 0 Å². The lowest BCUT2D eigenvalue weighted by atomic mass is 10.0. The summed E-state index contributed by atoms with van der Waals surface area (Å²) in [5, 5.41) is 3.26. The van der Waals surface area contributed by atoms with Gasteiger partial charge < -0.3 is 0 Å². The standard InChI is InChI=1S/C10H15N3S/c1-13-10(14)11-9(12-13)8-6-4-2-3-5-7(6)8/h6-8H,2-5H2,1H3,(H,11,12,14). The van der Waals surface area contributed by atoms with E-state index in [1.165, 1.54) is 25.7 Å². The van der Waals surface area contributed by atoms with Gasteiger partial charge in [0.2, 0.25) is 4.77 Å². The Morgan fingerprint density at radius 3 is 2.50 bits per heavy atom. The van der Waals surface area contributed by atoms with Crippen molar-refractivity contribution in [1.29, 1.82) is 0 Å². The maximum absolute atomic E-state index is 5.11. The number of H-pyrrole nitrogens is 1. The average Bonchev–Trinajstić information content (AvgIpc) is 2.82. The molecule has 76 valence electrons. The van der Waals surface area contributed by atoms with Gasteiger partial charge in [-0.25, -0.2) is 4.98 Å². The fourth-order valence-corrected chi connectivity index (χ4v) is 3.11. The molecular weight excluding hydrogens is 194 g/mol. The SMILES string of the molecule is Cn1[nH]c(C2C3CCCCC32)nc1=S. The number of aromatic amines is 1. The molecule has 0 radical (unpaired) electrons. The highest BCUT2D eigenvalue weighted by molar-refractivity contribution is 7.71. The molecule has 0 bridgehead atoms. The van der Waals surface area contributed by atoms with Crippen LogP contribution in [0.2, 0.25) is 0 Å². The van der Waals surface area contributed by atoms with E-state index in [0.717, 1.165) is 17.7 Å². The van der Waals surface area contributed by atoms with Crippen LogP contribution < -0.4 is 0 Å². The van der Waals surface area contributed by atoms with Crippen LogP contribution in [-0.4, -0.2) is 14.8 Å². The summed E-state index contributed by atoms with van der Waals surface area (Å²) in [7, 11) is 1.94. The second kappa shape index (κ2) is 2.92. The number of fused-ring (bicyclic) bond motifs is 1. The van der Waals surface area contributed by atoms with Gasteiger partial charge in [0, 0.05) is 13.0 Å². The highest BCUT2D eigenvalue weighted by Gasteiger charge is 2.52. The topological polar surface area (TPSA) is 33.6 Å². The van der Waals surface area contributed by atoms with Gasteiger partial charge in [-0.1, -0.05) is 12.8 Å². The molecule has 2 aliphatic rings. The quantitative estimate of drug-likeness (QED) is 0.720. The summed E-state index contributed by atoms with van der Waals surface area (Å²) in [4.78, 5) is 4.42. The van der Waals surface area contributed by atoms with Gasteiger partial charge in [-0.3, -0.25) is 9.78 Å². The number of aryl methyl sites for hydroxylation is 1. The van der Waals surface area contributed by atoms with Crippen LogP contribution in [0.1, 0.15) is 37.4 Å². The van der Waals surface area contributed by atoms with Gasteiger partial charge in [0.05, 0.1) is 0 Å². The Labute approximate surface area is 88.5 Å². The molecule has 2 fully saturated rings. The summed E-state index contributed by atoms with van der Waals surface area (Å²) < 4.78 is 2.53. The largest absolute Gasteiger partial charge is 0.283 e. The number of aromatic nitrogens is 3. The Kier molecular flexibility index (Phi) is 1.81. The Morgan fingerprint density at radius 2 is 2.00 bits per heavy atom. The van der Waals surface area contributed by atoms with E-state index in [2.05, 4.69) is 10.1 Å². The van der Waals surface area contributed by atoms with Crippen molar-refractivity contribution in [3.63, 3.8) is 0 Å². The van der Waals surface area contributed by atoms with E-state index in [1.54, 1.807) is 0 Å². The summed E-state index contributed by atoms with van der Waals surface area (Å²) >= 11 is 5.11. The number of nitrogens with one attached hydrogen (secondary N) is 1. The van der Waals surface area contributed by atoms with E-state index in [0.29, 0.717) is 10.7 Å². The summed E-state index contributed by atoms with van der Waals surface area (Å²) in [6, 6.07) is 0. The van der Waals surface area contributed by atoms with Crippen molar-refractivity contribution < 1.29 is 0 Å². The molecule has 1 heterocycles. The molecule has 3 nitrogen and oxygen atoms in total. The highest BCUT2D eigenvalue weighted by Crippen LogP contribution is 2.60. The zero-order valence-electron chi connectivity index (χ0n) is 8.36. The zero-order valence-corrected chi connectivity index (χ0v) is 9.18. The lowest BCUT2D eigenvalue weighted by molar-refractivity contribution is 0.480. The molecule has 0 amide bonds. The molecule has 0 aromatic carbocycles. The second-order valence-corrected chi connectivity index (χ2v) is 4.95. The number of rotatable bonds is 1. The van der Waals surface area contributed by atoms with Crippen molar-refractivity contribution in [2.45, 2.75) is 31.6 Å². The first-order chi connectivity index (χ1) is 6.77. The van der Waals surface area contributed by atoms with Crippen molar-refractivity contribution in [2.24, 2.45) is 18.9 Å². The highest BCUT2D eigenvalue weighted by atomic mass is 32.1. The summed E-state index contributed by atoms with van der Waals surface area (Å²) in [5.74, 6) is 3.64. The summed E-state index contributed by atoms with van der Waals surface area (Å²) in [5.41, 5.74) is 0. The first-order valence-electron chi connectivity index (χ1n) is 5.40. The predicted octanol–water partition coefficient (Wildman–Crippen LogP) is 2.38. The molecule has 4 heteroatoms. The third-order valence-electron chi connectivity index (χ3n) is 3.76. The number of hydrogen-bond acceptors (Lipinski definition) is 2. The van der Waals surface area contributed by atoms with Crippen LogP contribution in [0.15, 0.2) is 0 Å². The van der Waals surface area contributed by atoms with Crippen LogP contribution in [0.3, 0.4) is 0 Å². The van der Waals surface area contributed by atoms with Gasteiger partial charge in [0.1, 0.15) is 5.82 Å². The van der Waals surface area contributed by atoms with Crippen LogP contribution in [0.5, 0.6) is 0 Å². The Balaban J connectivity index is 1.87. The molecule has 14 heavy (non-hydrogen) atoms. The van der Waals surface area contributed by atoms with E-state index in [-0.39, 0.29) is 0 Å². The summed E-state index contributed by atoms with van der Waals surface area (Å²) in [6.45, 7) is 0. The smallest absolute Gasteiger partial charge is 0.215 e. The third kappa shape index (κ3) is 1.16. The molecule has 2 atom stereocenters. The summed E-state index contributed by atoms with van der Waals surface area (Å²) in [6.07, 6.45) is 5.61. The minimum Gasteiger partial charge on any atom is -0.283 e. The molecule has 1 N–H and O–H groups in total. The number of hydrogen-bond donors (Lipinski definition) is 1. The Bertz CT molecular complexity index is 394. The molecule has 2 saturated carbocycles. The molecule has 0 saturated heterocycles. The Hall–Kier alpha value is -0.640. The fraction of sp³-hybridized carbons (Fsp3) is 0.800. The number of nitrogens with zero attached hydrogens (tertiary/aromatic N) is 2.